The first-order chi connectivity index (χ1) is 9.01. The van der Waals surface area contributed by atoms with E-state index in [1.165, 1.54) is 18.2 Å². The van der Waals surface area contributed by atoms with Crippen LogP contribution in [0, 0.1) is 23.0 Å². The van der Waals surface area contributed by atoms with Crippen LogP contribution in [0.5, 0.6) is 0 Å². The minimum absolute atomic E-state index is 0.139. The van der Waals surface area contributed by atoms with Gasteiger partial charge in [-0.1, -0.05) is 0 Å². The molecule has 2 aromatic carbocycles. The smallest absolute Gasteiger partial charge is 0.139 e. The molecule has 0 aromatic heterocycles. The van der Waals surface area contributed by atoms with E-state index in [4.69, 9.17) is 11.0 Å². The summed E-state index contributed by atoms with van der Waals surface area (Å²) in [6.07, 6.45) is 0. The summed E-state index contributed by atoms with van der Waals surface area (Å²) in [5.41, 5.74) is 6.83. The molecule has 0 saturated heterocycles. The quantitative estimate of drug-likeness (QED) is 0.823. The molecule has 0 fully saturated rings. The first-order valence-electron chi connectivity index (χ1n) is 5.22. The van der Waals surface area contributed by atoms with Crippen LogP contribution in [0.2, 0.25) is 0 Å². The molecular formula is C13H8BrF2N3. The van der Waals surface area contributed by atoms with Crippen LogP contribution in [0.1, 0.15) is 5.56 Å². The van der Waals surface area contributed by atoms with Crippen molar-refractivity contribution in [1.82, 2.24) is 0 Å². The Bertz CT molecular complexity index is 680. The third-order valence-electron chi connectivity index (χ3n) is 2.46. The molecule has 0 heterocycles. The summed E-state index contributed by atoms with van der Waals surface area (Å²) in [4.78, 5) is 0. The highest BCUT2D eigenvalue weighted by atomic mass is 79.9. The molecule has 0 unspecified atom stereocenters. The molecule has 0 amide bonds. The molecule has 0 aliphatic rings. The highest BCUT2D eigenvalue weighted by Gasteiger charge is 2.09. The second-order valence-corrected chi connectivity index (χ2v) is 4.63. The lowest BCUT2D eigenvalue weighted by atomic mass is 10.1. The van der Waals surface area contributed by atoms with Crippen LogP contribution in [0.15, 0.2) is 34.8 Å². The summed E-state index contributed by atoms with van der Waals surface area (Å²) in [6.45, 7) is 0. The van der Waals surface area contributed by atoms with Gasteiger partial charge < -0.3 is 11.1 Å². The lowest BCUT2D eigenvalue weighted by Crippen LogP contribution is -1.99. The normalized spacial score (nSPS) is 10.0. The zero-order chi connectivity index (χ0) is 14.0. The molecule has 0 bridgehead atoms. The number of nitrogens with one attached hydrogen (secondary N) is 1. The number of hydrogen-bond donors (Lipinski definition) is 2. The molecule has 0 aliphatic heterocycles. The largest absolute Gasteiger partial charge is 0.397 e. The Hall–Kier alpha value is -2.13. The van der Waals surface area contributed by atoms with Crippen molar-refractivity contribution >= 4 is 33.0 Å². The van der Waals surface area contributed by atoms with Crippen molar-refractivity contribution in [1.29, 1.82) is 5.26 Å². The number of hydrogen-bond acceptors (Lipinski definition) is 3. The Labute approximate surface area is 116 Å². The van der Waals surface area contributed by atoms with E-state index in [1.807, 2.05) is 6.07 Å². The van der Waals surface area contributed by atoms with Gasteiger partial charge in [-0.15, -0.1) is 0 Å². The summed E-state index contributed by atoms with van der Waals surface area (Å²) in [6, 6.07) is 8.23. The summed E-state index contributed by atoms with van der Waals surface area (Å²) >= 11 is 3.05. The maximum absolute atomic E-state index is 13.2. The first-order valence-corrected chi connectivity index (χ1v) is 6.01. The average Bonchev–Trinajstić information content (AvgIpc) is 2.37. The zero-order valence-electron chi connectivity index (χ0n) is 9.55. The van der Waals surface area contributed by atoms with E-state index in [0.29, 0.717) is 11.4 Å². The van der Waals surface area contributed by atoms with Crippen LogP contribution in [0.4, 0.5) is 25.8 Å². The standard InChI is InChI=1S/C13H8BrF2N3/c14-9-4-13(11(18)5-10(9)16)19-12-2-1-8(15)3-7(12)6-17/h1-5,19H,18H2. The van der Waals surface area contributed by atoms with Gasteiger partial charge in [0.15, 0.2) is 0 Å². The topological polar surface area (TPSA) is 61.8 Å². The van der Waals surface area contributed by atoms with Gasteiger partial charge in [0, 0.05) is 6.07 Å². The van der Waals surface area contributed by atoms with Crippen LogP contribution < -0.4 is 11.1 Å². The van der Waals surface area contributed by atoms with Crippen LogP contribution in [-0.2, 0) is 0 Å². The maximum Gasteiger partial charge on any atom is 0.139 e. The molecule has 2 rings (SSSR count). The highest BCUT2D eigenvalue weighted by molar-refractivity contribution is 9.10. The van der Waals surface area contributed by atoms with Crippen LogP contribution in [-0.4, -0.2) is 0 Å². The van der Waals surface area contributed by atoms with Gasteiger partial charge in [-0.05, 0) is 40.2 Å². The van der Waals surface area contributed by atoms with Gasteiger partial charge in [0.1, 0.15) is 17.7 Å². The van der Waals surface area contributed by atoms with Crippen molar-refractivity contribution in [2.24, 2.45) is 0 Å². The Morgan fingerprint density at radius 1 is 1.16 bits per heavy atom. The molecule has 19 heavy (non-hydrogen) atoms. The predicted molar refractivity (Wildman–Crippen MR) is 72.9 cm³/mol. The van der Waals surface area contributed by atoms with Gasteiger partial charge in [0.05, 0.1) is 27.1 Å². The molecule has 0 atom stereocenters. The number of nitrogens with zero attached hydrogens (tertiary/aromatic N) is 1. The number of halogens is 3. The fourth-order valence-electron chi connectivity index (χ4n) is 1.53. The van der Waals surface area contributed by atoms with E-state index in [2.05, 4.69) is 21.2 Å². The fraction of sp³-hybridized carbons (Fsp3) is 0. The molecule has 0 saturated carbocycles. The third-order valence-corrected chi connectivity index (χ3v) is 3.07. The molecule has 3 N–H and O–H groups in total. The monoisotopic (exact) mass is 323 g/mol. The maximum atomic E-state index is 13.2. The van der Waals surface area contributed by atoms with Gasteiger partial charge in [-0.25, -0.2) is 8.78 Å². The van der Waals surface area contributed by atoms with Gasteiger partial charge in [-0.3, -0.25) is 0 Å². The zero-order valence-corrected chi connectivity index (χ0v) is 11.1. The molecule has 6 heteroatoms. The van der Waals surface area contributed by atoms with Gasteiger partial charge >= 0.3 is 0 Å². The lowest BCUT2D eigenvalue weighted by molar-refractivity contribution is 0.622. The minimum Gasteiger partial charge on any atom is -0.397 e. The molecule has 3 nitrogen and oxygen atoms in total. The second-order valence-electron chi connectivity index (χ2n) is 3.78. The molecule has 0 radical (unpaired) electrons. The molecular weight excluding hydrogens is 316 g/mol. The van der Waals surface area contributed by atoms with Crippen molar-refractivity contribution in [3.8, 4) is 6.07 Å². The summed E-state index contributed by atoms with van der Waals surface area (Å²) < 4.78 is 26.5. The van der Waals surface area contributed by atoms with Crippen molar-refractivity contribution in [2.45, 2.75) is 0 Å². The van der Waals surface area contributed by atoms with Crippen molar-refractivity contribution in [3.63, 3.8) is 0 Å². The predicted octanol–water partition coefficient (Wildman–Crippen LogP) is 3.92. The van der Waals surface area contributed by atoms with Crippen LogP contribution >= 0.6 is 15.9 Å². The number of nitrogens with two attached hydrogens (primary N) is 1. The van der Waals surface area contributed by atoms with Crippen molar-refractivity contribution in [3.05, 3.63) is 52.0 Å². The Balaban J connectivity index is 2.42. The van der Waals surface area contributed by atoms with E-state index < -0.39 is 11.6 Å². The number of benzene rings is 2. The summed E-state index contributed by atoms with van der Waals surface area (Å²) in [5.74, 6) is -0.988. The second kappa shape index (κ2) is 5.24. The molecule has 96 valence electrons. The first kappa shape index (κ1) is 13.3. The Morgan fingerprint density at radius 2 is 1.89 bits per heavy atom. The SMILES string of the molecule is N#Cc1cc(F)ccc1Nc1cc(Br)c(F)cc1N. The lowest BCUT2D eigenvalue weighted by Gasteiger charge is -2.11. The summed E-state index contributed by atoms with van der Waals surface area (Å²) in [5, 5.41) is 11.8. The average molecular weight is 324 g/mol. The van der Waals surface area contributed by atoms with E-state index in [-0.39, 0.29) is 15.7 Å². The fourth-order valence-corrected chi connectivity index (χ4v) is 1.88. The number of nitriles is 1. The van der Waals surface area contributed by atoms with Gasteiger partial charge in [0.25, 0.3) is 0 Å². The number of nitrogen functional groups attached to an aromatic ring is 1. The van der Waals surface area contributed by atoms with Crippen LogP contribution in [0.3, 0.4) is 0 Å². The molecule has 2 aromatic rings. The van der Waals surface area contributed by atoms with E-state index >= 15 is 0 Å². The van der Waals surface area contributed by atoms with Gasteiger partial charge in [0.2, 0.25) is 0 Å². The number of rotatable bonds is 2. The van der Waals surface area contributed by atoms with E-state index in [0.717, 1.165) is 12.1 Å². The Kier molecular flexibility index (Phi) is 3.67. The molecule has 0 aliphatic carbocycles. The van der Waals surface area contributed by atoms with Gasteiger partial charge in [-0.2, -0.15) is 5.26 Å². The molecule has 0 spiro atoms. The van der Waals surface area contributed by atoms with Crippen molar-refractivity contribution in [2.75, 3.05) is 11.1 Å². The van der Waals surface area contributed by atoms with Crippen molar-refractivity contribution < 1.29 is 8.78 Å². The Morgan fingerprint density at radius 3 is 2.58 bits per heavy atom. The minimum atomic E-state index is -0.504. The summed E-state index contributed by atoms with van der Waals surface area (Å²) in [7, 11) is 0. The van der Waals surface area contributed by atoms with E-state index in [1.54, 1.807) is 0 Å². The van der Waals surface area contributed by atoms with Crippen LogP contribution in [0.25, 0.3) is 0 Å². The van der Waals surface area contributed by atoms with E-state index in [9.17, 15) is 8.78 Å². The third kappa shape index (κ3) is 2.83. The number of anilines is 3. The highest BCUT2D eigenvalue weighted by Crippen LogP contribution is 2.30.